The average Bonchev–Trinajstić information content (AvgIpc) is 1.60. The van der Waals surface area contributed by atoms with Gasteiger partial charge in [0.2, 0.25) is 0 Å². The van der Waals surface area contributed by atoms with Crippen molar-refractivity contribution in [1.29, 1.82) is 0 Å². The molecule has 0 aromatic heterocycles. The van der Waals surface area contributed by atoms with Gasteiger partial charge in [0.25, 0.3) is 0 Å². The summed E-state index contributed by atoms with van der Waals surface area (Å²) in [6.07, 6.45) is 0.393. The van der Waals surface area contributed by atoms with Gasteiger partial charge in [0, 0.05) is 6.10 Å². The van der Waals surface area contributed by atoms with Crippen LogP contribution in [-0.2, 0) is 4.43 Å². The molecule has 2 heteroatoms. The molecule has 0 aromatic carbocycles. The van der Waals surface area contributed by atoms with E-state index in [9.17, 15) is 0 Å². The van der Waals surface area contributed by atoms with Crippen molar-refractivity contribution in [2.75, 3.05) is 0 Å². The summed E-state index contributed by atoms with van der Waals surface area (Å²) in [7, 11) is -1.34. The third kappa shape index (κ3) is 3.37. The molecular formula is C8H20OSi. The Hall–Kier alpha value is 0.177. The van der Waals surface area contributed by atoms with E-state index < -0.39 is 8.32 Å². The molecular weight excluding hydrogens is 140 g/mol. The van der Waals surface area contributed by atoms with Gasteiger partial charge in [0.15, 0.2) is 8.32 Å². The Bertz CT molecular complexity index is 97.4. The van der Waals surface area contributed by atoms with Crippen LogP contribution in [0.25, 0.3) is 0 Å². The zero-order valence-electron chi connectivity index (χ0n) is 8.06. The van der Waals surface area contributed by atoms with Crippen LogP contribution in [0.5, 0.6) is 0 Å². The minimum Gasteiger partial charge on any atom is -0.415 e. The maximum Gasteiger partial charge on any atom is 0.189 e. The Morgan fingerprint density at radius 2 is 1.40 bits per heavy atom. The highest BCUT2D eigenvalue weighted by atomic mass is 28.4. The molecule has 10 heavy (non-hydrogen) atoms. The van der Waals surface area contributed by atoms with Crippen molar-refractivity contribution in [3.63, 3.8) is 0 Å². The molecule has 0 aliphatic heterocycles. The molecule has 0 aliphatic carbocycles. The van der Waals surface area contributed by atoms with Gasteiger partial charge in [-0.3, -0.25) is 0 Å². The SMILES string of the molecule is CC(C)O[Si](C)(C)C(C)C. The van der Waals surface area contributed by atoms with Crippen LogP contribution in [0.4, 0.5) is 0 Å². The van der Waals surface area contributed by atoms with Crippen molar-refractivity contribution in [3.8, 4) is 0 Å². The summed E-state index contributed by atoms with van der Waals surface area (Å²) in [5.41, 5.74) is 0.717. The van der Waals surface area contributed by atoms with Crippen molar-refractivity contribution in [2.45, 2.75) is 52.4 Å². The van der Waals surface area contributed by atoms with Gasteiger partial charge in [-0.05, 0) is 32.5 Å². The Balaban J connectivity index is 3.87. The lowest BCUT2D eigenvalue weighted by Crippen LogP contribution is -2.36. The zero-order valence-corrected chi connectivity index (χ0v) is 9.06. The summed E-state index contributed by atoms with van der Waals surface area (Å²) in [6, 6.07) is 0. The molecule has 62 valence electrons. The molecule has 0 rings (SSSR count). The van der Waals surface area contributed by atoms with E-state index in [0.717, 1.165) is 5.54 Å². The highest BCUT2D eigenvalue weighted by Gasteiger charge is 2.27. The smallest absolute Gasteiger partial charge is 0.189 e. The van der Waals surface area contributed by atoms with Crippen LogP contribution >= 0.6 is 0 Å². The number of rotatable bonds is 3. The van der Waals surface area contributed by atoms with Gasteiger partial charge in [-0.15, -0.1) is 0 Å². The Morgan fingerprint density at radius 3 is 1.50 bits per heavy atom. The van der Waals surface area contributed by atoms with Crippen LogP contribution in [0.15, 0.2) is 0 Å². The molecule has 0 radical (unpaired) electrons. The zero-order chi connectivity index (χ0) is 8.36. The number of hydrogen-bond acceptors (Lipinski definition) is 1. The fourth-order valence-electron chi connectivity index (χ4n) is 0.744. The molecule has 0 amide bonds. The molecule has 0 saturated carbocycles. The normalized spacial score (nSPS) is 13.2. The lowest BCUT2D eigenvalue weighted by molar-refractivity contribution is 0.227. The molecule has 0 fully saturated rings. The molecule has 0 aromatic rings. The molecule has 0 spiro atoms. The average molecular weight is 160 g/mol. The van der Waals surface area contributed by atoms with E-state index in [4.69, 9.17) is 4.43 Å². The number of hydrogen-bond donors (Lipinski definition) is 0. The van der Waals surface area contributed by atoms with Crippen LogP contribution in [0, 0.1) is 0 Å². The van der Waals surface area contributed by atoms with Gasteiger partial charge in [-0.1, -0.05) is 13.8 Å². The molecule has 1 nitrogen and oxygen atoms in total. The third-order valence-electron chi connectivity index (χ3n) is 1.93. The molecule has 0 unspecified atom stereocenters. The van der Waals surface area contributed by atoms with Crippen LogP contribution in [0.2, 0.25) is 18.6 Å². The highest BCUT2D eigenvalue weighted by Crippen LogP contribution is 2.22. The van der Waals surface area contributed by atoms with E-state index in [1.807, 2.05) is 0 Å². The minimum atomic E-state index is -1.34. The first kappa shape index (κ1) is 10.2. The molecule has 0 atom stereocenters. The molecule has 0 N–H and O–H groups in total. The third-order valence-corrected chi connectivity index (χ3v) is 5.79. The fraction of sp³-hybridized carbons (Fsp3) is 1.00. The van der Waals surface area contributed by atoms with Crippen LogP contribution in [0.3, 0.4) is 0 Å². The first-order valence-electron chi connectivity index (χ1n) is 4.04. The summed E-state index contributed by atoms with van der Waals surface area (Å²) in [5, 5.41) is 0. The first-order chi connectivity index (χ1) is 4.36. The van der Waals surface area contributed by atoms with E-state index in [-0.39, 0.29) is 0 Å². The summed E-state index contributed by atoms with van der Waals surface area (Å²) < 4.78 is 5.84. The monoisotopic (exact) mass is 160 g/mol. The second kappa shape index (κ2) is 3.53. The van der Waals surface area contributed by atoms with Crippen LogP contribution < -0.4 is 0 Å². The summed E-state index contributed by atoms with van der Waals surface area (Å²) in [4.78, 5) is 0. The first-order valence-corrected chi connectivity index (χ1v) is 7.02. The molecule has 0 saturated heterocycles. The van der Waals surface area contributed by atoms with Gasteiger partial charge in [0.1, 0.15) is 0 Å². The lowest BCUT2D eigenvalue weighted by Gasteiger charge is -2.29. The quantitative estimate of drug-likeness (QED) is 0.577. The fourth-order valence-corrected chi connectivity index (χ4v) is 2.23. The predicted molar refractivity (Wildman–Crippen MR) is 48.8 cm³/mol. The Morgan fingerprint density at radius 1 is 1.00 bits per heavy atom. The van der Waals surface area contributed by atoms with Crippen molar-refractivity contribution in [3.05, 3.63) is 0 Å². The lowest BCUT2D eigenvalue weighted by atomic mass is 10.5. The second-order valence-electron chi connectivity index (χ2n) is 3.92. The van der Waals surface area contributed by atoms with Gasteiger partial charge in [-0.2, -0.15) is 0 Å². The Labute approximate surface area is 65.9 Å². The van der Waals surface area contributed by atoms with Crippen LogP contribution in [0.1, 0.15) is 27.7 Å². The standard InChI is InChI=1S/C8H20OSi/c1-7(2)9-10(5,6)8(3)4/h7-8H,1-6H3. The van der Waals surface area contributed by atoms with Crippen molar-refractivity contribution in [2.24, 2.45) is 0 Å². The van der Waals surface area contributed by atoms with Gasteiger partial charge in [0.05, 0.1) is 0 Å². The second-order valence-corrected chi connectivity index (χ2v) is 8.52. The van der Waals surface area contributed by atoms with Crippen LogP contribution in [-0.4, -0.2) is 14.4 Å². The van der Waals surface area contributed by atoms with E-state index in [1.54, 1.807) is 0 Å². The van der Waals surface area contributed by atoms with Crippen molar-refractivity contribution in [1.82, 2.24) is 0 Å². The minimum absolute atomic E-state index is 0.393. The maximum absolute atomic E-state index is 5.84. The molecule has 0 bridgehead atoms. The van der Waals surface area contributed by atoms with Gasteiger partial charge < -0.3 is 4.43 Å². The van der Waals surface area contributed by atoms with Crippen molar-refractivity contribution >= 4 is 8.32 Å². The topological polar surface area (TPSA) is 9.23 Å². The maximum atomic E-state index is 5.84. The molecule has 0 heterocycles. The Kier molecular flexibility index (Phi) is 3.60. The summed E-state index contributed by atoms with van der Waals surface area (Å²) in [6.45, 7) is 13.3. The van der Waals surface area contributed by atoms with E-state index in [1.165, 1.54) is 0 Å². The largest absolute Gasteiger partial charge is 0.415 e. The van der Waals surface area contributed by atoms with E-state index >= 15 is 0 Å². The summed E-state index contributed by atoms with van der Waals surface area (Å²) in [5.74, 6) is 0. The van der Waals surface area contributed by atoms with E-state index in [2.05, 4.69) is 40.8 Å². The molecule has 0 aliphatic rings. The summed E-state index contributed by atoms with van der Waals surface area (Å²) >= 11 is 0. The highest BCUT2D eigenvalue weighted by molar-refractivity contribution is 6.72. The van der Waals surface area contributed by atoms with Gasteiger partial charge in [-0.25, -0.2) is 0 Å². The van der Waals surface area contributed by atoms with Gasteiger partial charge >= 0.3 is 0 Å². The van der Waals surface area contributed by atoms with Crippen molar-refractivity contribution < 1.29 is 4.43 Å². The van der Waals surface area contributed by atoms with E-state index in [0.29, 0.717) is 6.10 Å². The predicted octanol–water partition coefficient (Wildman–Crippen LogP) is 3.03.